The number of fused-ring (bicyclic) bond motifs is 2. The fourth-order valence-electron chi connectivity index (χ4n) is 8.49. The van der Waals surface area contributed by atoms with E-state index in [0.29, 0.717) is 37.8 Å². The highest BCUT2D eigenvalue weighted by atomic mass is 32.2. The first-order valence-electron chi connectivity index (χ1n) is 17.9. The Balaban J connectivity index is 0.000000162. The quantitative estimate of drug-likeness (QED) is 0.191. The molecule has 0 aromatic heterocycles. The lowest BCUT2D eigenvalue weighted by Crippen LogP contribution is -2.38. The second-order valence-corrected chi connectivity index (χ2v) is 18.9. The molecule has 4 aromatic carbocycles. The SMILES string of the molecule is O=S(=O)(c1cc(F)cc(F)c1)[C@H]1CC[C@H](N2CCc3ccccc3C2)C1.O=S(=O)(c1cc(F)cc(F)c1)[C@H]1CC[C@H](N2CCc3ccccc3C2)C1. The summed E-state index contributed by atoms with van der Waals surface area (Å²) < 4.78 is 105. The van der Waals surface area contributed by atoms with Crippen molar-refractivity contribution in [3.05, 3.63) is 130 Å². The van der Waals surface area contributed by atoms with Crippen LogP contribution in [0.1, 0.15) is 60.8 Å². The predicted molar refractivity (Wildman–Crippen MR) is 191 cm³/mol. The molecule has 4 aliphatic rings. The van der Waals surface area contributed by atoms with Gasteiger partial charge in [0.05, 0.1) is 20.3 Å². The van der Waals surface area contributed by atoms with Crippen LogP contribution in [-0.2, 0) is 45.6 Å². The molecular formula is C40H42F4N2O4S2. The molecular weight excluding hydrogens is 713 g/mol. The lowest BCUT2D eigenvalue weighted by molar-refractivity contribution is 0.181. The molecule has 8 rings (SSSR count). The van der Waals surface area contributed by atoms with Crippen LogP contribution in [0, 0.1) is 23.3 Å². The second-order valence-electron chi connectivity index (χ2n) is 14.5. The third-order valence-corrected chi connectivity index (χ3v) is 15.7. The molecule has 0 bridgehead atoms. The maximum absolute atomic E-state index is 13.4. The number of halogens is 4. The molecule has 0 radical (unpaired) electrons. The fraction of sp³-hybridized carbons (Fsp3) is 0.400. The normalized spacial score (nSPS) is 23.8. The zero-order valence-corrected chi connectivity index (χ0v) is 30.4. The van der Waals surface area contributed by atoms with E-state index >= 15 is 0 Å². The standard InChI is InChI=1S/2C20H21F2NO2S/c2*21-16-9-17(22)11-20(10-16)26(24,25)19-6-5-18(12-19)23-8-7-14-3-1-2-4-15(14)13-23/h2*1-4,9-11,18-19H,5-8,12-13H2/t2*18-,19-/m00/s1. The summed E-state index contributed by atoms with van der Waals surface area (Å²) in [5, 5.41) is -1.16. The molecule has 0 spiro atoms. The zero-order chi connectivity index (χ0) is 36.6. The number of benzene rings is 4. The van der Waals surface area contributed by atoms with Crippen molar-refractivity contribution in [2.75, 3.05) is 13.1 Å². The number of hydrogen-bond donors (Lipinski definition) is 0. The highest BCUT2D eigenvalue weighted by molar-refractivity contribution is 7.92. The van der Waals surface area contributed by atoms with Gasteiger partial charge in [0.1, 0.15) is 23.3 Å². The van der Waals surface area contributed by atoms with Gasteiger partial charge in [-0.15, -0.1) is 0 Å². The third kappa shape index (κ3) is 7.85. The highest BCUT2D eigenvalue weighted by Gasteiger charge is 2.40. The van der Waals surface area contributed by atoms with E-state index in [1.54, 1.807) is 0 Å². The van der Waals surface area contributed by atoms with E-state index in [4.69, 9.17) is 0 Å². The van der Waals surface area contributed by atoms with E-state index < -0.39 is 53.4 Å². The molecule has 2 aliphatic heterocycles. The van der Waals surface area contributed by atoms with Gasteiger partial charge in [-0.1, -0.05) is 48.5 Å². The number of nitrogens with zero attached hydrogens (tertiary/aromatic N) is 2. The first-order chi connectivity index (χ1) is 24.9. The summed E-state index contributed by atoms with van der Waals surface area (Å²) in [7, 11) is -7.44. The van der Waals surface area contributed by atoms with Crippen LogP contribution in [0.5, 0.6) is 0 Å². The molecule has 2 heterocycles. The Morgan fingerprint density at radius 3 is 1.19 bits per heavy atom. The van der Waals surface area contributed by atoms with Gasteiger partial charge in [-0.05, 0) is 97.9 Å². The van der Waals surface area contributed by atoms with E-state index in [-0.39, 0.29) is 21.9 Å². The molecule has 2 aliphatic carbocycles. The number of rotatable bonds is 6. The minimum absolute atomic E-state index is 0.196. The molecule has 4 atom stereocenters. The Morgan fingerprint density at radius 2 is 0.827 bits per heavy atom. The van der Waals surface area contributed by atoms with Gasteiger partial charge in [0.15, 0.2) is 19.7 Å². The zero-order valence-electron chi connectivity index (χ0n) is 28.7. The summed E-state index contributed by atoms with van der Waals surface area (Å²) in [5.74, 6) is -3.42. The fourth-order valence-corrected chi connectivity index (χ4v) is 12.2. The minimum atomic E-state index is -3.72. The van der Waals surface area contributed by atoms with Crippen molar-refractivity contribution in [3.8, 4) is 0 Å². The van der Waals surface area contributed by atoms with Crippen LogP contribution >= 0.6 is 0 Å². The Hall–Kier alpha value is -3.58. The molecule has 0 N–H and O–H groups in total. The molecule has 0 unspecified atom stereocenters. The summed E-state index contributed by atoms with van der Waals surface area (Å²) in [4.78, 5) is 4.21. The van der Waals surface area contributed by atoms with Gasteiger partial charge in [0.25, 0.3) is 0 Å². The van der Waals surface area contributed by atoms with Crippen molar-refractivity contribution in [2.24, 2.45) is 0 Å². The number of sulfone groups is 2. The lowest BCUT2D eigenvalue weighted by atomic mass is 9.98. The van der Waals surface area contributed by atoms with Gasteiger partial charge in [-0.2, -0.15) is 0 Å². The van der Waals surface area contributed by atoms with Crippen molar-refractivity contribution >= 4 is 19.7 Å². The Bertz CT molecular complexity index is 1970. The molecule has 2 saturated carbocycles. The van der Waals surface area contributed by atoms with Gasteiger partial charge in [0, 0.05) is 50.4 Å². The minimum Gasteiger partial charge on any atom is -0.296 e. The van der Waals surface area contributed by atoms with E-state index in [1.807, 2.05) is 24.3 Å². The summed E-state index contributed by atoms with van der Waals surface area (Å²) in [6.45, 7) is 3.51. The van der Waals surface area contributed by atoms with Crippen LogP contribution in [0.25, 0.3) is 0 Å². The van der Waals surface area contributed by atoms with Crippen LogP contribution < -0.4 is 0 Å². The lowest BCUT2D eigenvalue weighted by Gasteiger charge is -2.33. The van der Waals surface area contributed by atoms with Crippen molar-refractivity contribution in [1.29, 1.82) is 0 Å². The molecule has 0 saturated heterocycles. The van der Waals surface area contributed by atoms with E-state index in [1.165, 1.54) is 22.3 Å². The maximum atomic E-state index is 13.4. The smallest absolute Gasteiger partial charge is 0.181 e. The van der Waals surface area contributed by atoms with Crippen molar-refractivity contribution in [2.45, 2.75) is 96.8 Å². The van der Waals surface area contributed by atoms with Gasteiger partial charge in [-0.3, -0.25) is 9.80 Å². The average Bonchev–Trinajstić information content (AvgIpc) is 3.83. The van der Waals surface area contributed by atoms with Gasteiger partial charge in [0.2, 0.25) is 0 Å². The van der Waals surface area contributed by atoms with Gasteiger partial charge < -0.3 is 0 Å². The summed E-state index contributed by atoms with van der Waals surface area (Å²) in [6.07, 6.45) is 5.63. The average molecular weight is 755 g/mol. The van der Waals surface area contributed by atoms with Crippen LogP contribution in [0.3, 0.4) is 0 Å². The second kappa shape index (κ2) is 15.0. The summed E-state index contributed by atoms with van der Waals surface area (Å²) in [6, 6.07) is 22.2. The molecule has 6 nitrogen and oxygen atoms in total. The third-order valence-electron chi connectivity index (χ3n) is 11.3. The van der Waals surface area contributed by atoms with Crippen molar-refractivity contribution in [1.82, 2.24) is 9.80 Å². The first-order valence-corrected chi connectivity index (χ1v) is 21.0. The molecule has 0 amide bonds. The van der Waals surface area contributed by atoms with E-state index in [9.17, 15) is 34.4 Å². The molecule has 4 aromatic rings. The van der Waals surface area contributed by atoms with Crippen LogP contribution in [0.4, 0.5) is 17.6 Å². The number of hydrogen-bond acceptors (Lipinski definition) is 6. The highest BCUT2D eigenvalue weighted by Crippen LogP contribution is 2.37. The Labute approximate surface area is 303 Å². The van der Waals surface area contributed by atoms with Gasteiger partial charge in [-0.25, -0.2) is 34.4 Å². The van der Waals surface area contributed by atoms with E-state index in [2.05, 4.69) is 34.1 Å². The van der Waals surface area contributed by atoms with E-state index in [0.717, 1.165) is 76.1 Å². The molecule has 12 heteroatoms. The Morgan fingerprint density at radius 1 is 0.481 bits per heavy atom. The topological polar surface area (TPSA) is 74.8 Å². The Kier molecular flexibility index (Phi) is 10.6. The molecule has 52 heavy (non-hydrogen) atoms. The van der Waals surface area contributed by atoms with Gasteiger partial charge >= 0.3 is 0 Å². The van der Waals surface area contributed by atoms with Crippen molar-refractivity contribution < 1.29 is 34.4 Å². The van der Waals surface area contributed by atoms with Crippen LogP contribution in [-0.4, -0.2) is 62.3 Å². The van der Waals surface area contributed by atoms with Crippen LogP contribution in [0.15, 0.2) is 94.7 Å². The maximum Gasteiger partial charge on any atom is 0.181 e. The molecule has 276 valence electrons. The summed E-state index contributed by atoms with van der Waals surface area (Å²) >= 11 is 0. The van der Waals surface area contributed by atoms with Crippen LogP contribution in [0.2, 0.25) is 0 Å². The van der Waals surface area contributed by atoms with Crippen molar-refractivity contribution in [3.63, 3.8) is 0 Å². The summed E-state index contributed by atoms with van der Waals surface area (Å²) in [5.41, 5.74) is 5.33. The largest absolute Gasteiger partial charge is 0.296 e. The predicted octanol–water partition coefficient (Wildman–Crippen LogP) is 7.44. The molecule has 2 fully saturated rings. The monoisotopic (exact) mass is 754 g/mol. The first kappa shape index (κ1) is 36.8.